The van der Waals surface area contributed by atoms with Gasteiger partial charge in [-0.15, -0.1) is 11.3 Å². The number of benzene rings is 1. The van der Waals surface area contributed by atoms with Crippen LogP contribution in [0.4, 0.5) is 28.9 Å². The molecule has 14 heteroatoms. The molecule has 0 saturated carbocycles. The van der Waals surface area contributed by atoms with Crippen molar-refractivity contribution in [2.75, 3.05) is 37.4 Å². The lowest BCUT2D eigenvalue weighted by Gasteiger charge is -2.44. The number of likely N-dealkylation sites (N-methyl/N-ethyl adjacent to an activating group) is 1. The molecule has 0 unspecified atom stereocenters. The zero-order valence-electron chi connectivity index (χ0n) is 22.4. The number of thiazole rings is 1. The summed E-state index contributed by atoms with van der Waals surface area (Å²) in [4.78, 5) is 45.4. The van der Waals surface area contributed by atoms with Crippen LogP contribution in [0.25, 0.3) is 11.3 Å². The lowest BCUT2D eigenvalue weighted by atomic mass is 10.0. The van der Waals surface area contributed by atoms with E-state index in [2.05, 4.69) is 20.5 Å². The zero-order valence-corrected chi connectivity index (χ0v) is 23.2. The third-order valence-corrected chi connectivity index (χ3v) is 7.85. The average molecular weight is 581 g/mol. The van der Waals surface area contributed by atoms with Crippen molar-refractivity contribution in [1.29, 1.82) is 0 Å². The van der Waals surface area contributed by atoms with Crippen molar-refractivity contribution in [3.05, 3.63) is 62.1 Å². The van der Waals surface area contributed by atoms with Gasteiger partial charge in [-0.3, -0.25) is 19.3 Å². The maximum absolute atomic E-state index is 15.5. The van der Waals surface area contributed by atoms with E-state index < -0.39 is 40.5 Å². The summed E-state index contributed by atoms with van der Waals surface area (Å²) in [6, 6.07) is 2.99. The van der Waals surface area contributed by atoms with Crippen molar-refractivity contribution in [1.82, 2.24) is 19.8 Å². The molecule has 40 heavy (non-hydrogen) atoms. The Labute approximate surface area is 231 Å². The topological polar surface area (TPSA) is 99.6 Å². The number of alkyl halides is 3. The first-order valence-corrected chi connectivity index (χ1v) is 13.2. The van der Waals surface area contributed by atoms with E-state index in [0.717, 1.165) is 22.1 Å². The molecule has 1 aromatic carbocycles. The van der Waals surface area contributed by atoms with Gasteiger partial charge < -0.3 is 20.1 Å². The molecule has 2 atom stereocenters. The van der Waals surface area contributed by atoms with Crippen LogP contribution in [0.3, 0.4) is 0 Å². The molecule has 1 fully saturated rings. The van der Waals surface area contributed by atoms with Crippen LogP contribution >= 0.6 is 11.3 Å². The van der Waals surface area contributed by atoms with E-state index in [1.807, 2.05) is 25.8 Å². The summed E-state index contributed by atoms with van der Waals surface area (Å²) in [6.07, 6.45) is -4.14. The zero-order chi connectivity index (χ0) is 29.5. The second kappa shape index (κ2) is 11.0. The maximum Gasteiger partial charge on any atom is 0.417 e. The number of anilines is 2. The summed E-state index contributed by atoms with van der Waals surface area (Å²) in [7, 11) is 4.63. The molecule has 0 spiro atoms. The largest absolute Gasteiger partial charge is 0.417 e. The molecule has 2 amide bonds. The Morgan fingerprint density at radius 3 is 2.33 bits per heavy atom. The molecular formula is C26H28F4N6O3S. The van der Waals surface area contributed by atoms with Crippen LogP contribution < -0.4 is 21.1 Å². The second-order valence-electron chi connectivity index (χ2n) is 9.74. The van der Waals surface area contributed by atoms with Gasteiger partial charge in [-0.2, -0.15) is 13.2 Å². The lowest BCUT2D eigenvalue weighted by molar-refractivity contribution is -0.138. The Bertz CT molecular complexity index is 1510. The molecule has 1 aliphatic heterocycles. The van der Waals surface area contributed by atoms with Gasteiger partial charge in [0.1, 0.15) is 5.82 Å². The highest BCUT2D eigenvalue weighted by Crippen LogP contribution is 2.37. The van der Waals surface area contributed by atoms with Crippen molar-refractivity contribution in [2.24, 2.45) is 7.05 Å². The summed E-state index contributed by atoms with van der Waals surface area (Å²) in [5.74, 6) is -2.27. The van der Waals surface area contributed by atoms with Gasteiger partial charge in [0, 0.05) is 68.5 Å². The SMILES string of the molecule is CNC(=O)c1nc(-c2cc(NC(=O)c3cn(C)c(=O)cc3C(F)(F)F)c(N3C[C@@H](C)N(C)[C@@H](C)C3)cc2F)cs1. The second-order valence-corrected chi connectivity index (χ2v) is 10.6. The van der Waals surface area contributed by atoms with Gasteiger partial charge in [0.15, 0.2) is 5.01 Å². The smallest absolute Gasteiger partial charge is 0.367 e. The molecule has 9 nitrogen and oxygen atoms in total. The van der Waals surface area contributed by atoms with E-state index in [1.54, 1.807) is 0 Å². The first kappa shape index (κ1) is 29.2. The van der Waals surface area contributed by atoms with E-state index in [0.29, 0.717) is 19.2 Å². The Balaban J connectivity index is 1.83. The van der Waals surface area contributed by atoms with Gasteiger partial charge >= 0.3 is 6.18 Å². The molecule has 3 heterocycles. The minimum absolute atomic E-state index is 0.0443. The molecule has 2 aromatic heterocycles. The van der Waals surface area contributed by atoms with Crippen LogP contribution in [0, 0.1) is 5.82 Å². The van der Waals surface area contributed by atoms with E-state index >= 15 is 4.39 Å². The molecule has 0 radical (unpaired) electrons. The van der Waals surface area contributed by atoms with Crippen LogP contribution in [0.5, 0.6) is 0 Å². The fourth-order valence-electron chi connectivity index (χ4n) is 4.57. The predicted octanol–water partition coefficient (Wildman–Crippen LogP) is 3.81. The summed E-state index contributed by atoms with van der Waals surface area (Å²) < 4.78 is 57.7. The summed E-state index contributed by atoms with van der Waals surface area (Å²) in [5, 5.41) is 6.53. The number of aryl methyl sites for hydroxylation is 1. The number of halogens is 4. The number of hydrogen-bond donors (Lipinski definition) is 2. The number of carbonyl (C=O) groups is 2. The quantitative estimate of drug-likeness (QED) is 0.446. The van der Waals surface area contributed by atoms with Crippen molar-refractivity contribution >= 4 is 34.5 Å². The number of rotatable bonds is 5. The minimum Gasteiger partial charge on any atom is -0.367 e. The van der Waals surface area contributed by atoms with Gasteiger partial charge in [0.2, 0.25) is 0 Å². The molecule has 1 aliphatic rings. The number of amides is 2. The number of nitrogens with zero attached hydrogens (tertiary/aromatic N) is 4. The normalized spacial score (nSPS) is 18.1. The van der Waals surface area contributed by atoms with Crippen LogP contribution in [-0.2, 0) is 13.2 Å². The predicted molar refractivity (Wildman–Crippen MR) is 144 cm³/mol. The average Bonchev–Trinajstić information content (AvgIpc) is 3.38. The number of piperazine rings is 1. The maximum atomic E-state index is 15.5. The third kappa shape index (κ3) is 5.72. The monoisotopic (exact) mass is 580 g/mol. The minimum atomic E-state index is -4.96. The van der Waals surface area contributed by atoms with Gasteiger partial charge in [0.05, 0.1) is 28.2 Å². The number of aromatic nitrogens is 2. The molecule has 0 bridgehead atoms. The lowest BCUT2D eigenvalue weighted by Crippen LogP contribution is -2.55. The van der Waals surface area contributed by atoms with Crippen LogP contribution in [0.15, 0.2) is 34.6 Å². The van der Waals surface area contributed by atoms with Gasteiger partial charge in [-0.25, -0.2) is 9.37 Å². The van der Waals surface area contributed by atoms with Gasteiger partial charge in [0.25, 0.3) is 17.4 Å². The summed E-state index contributed by atoms with van der Waals surface area (Å²) in [5.41, 5.74) is -2.65. The van der Waals surface area contributed by atoms with E-state index in [1.165, 1.54) is 31.6 Å². The highest BCUT2D eigenvalue weighted by Gasteiger charge is 2.37. The number of carbonyl (C=O) groups excluding carboxylic acids is 2. The fraction of sp³-hybridized carbons (Fsp3) is 0.385. The summed E-state index contributed by atoms with van der Waals surface area (Å²) >= 11 is 0.993. The van der Waals surface area contributed by atoms with E-state index in [-0.39, 0.29) is 39.7 Å². The summed E-state index contributed by atoms with van der Waals surface area (Å²) in [6.45, 7) is 4.91. The molecule has 0 aliphatic carbocycles. The highest BCUT2D eigenvalue weighted by atomic mass is 32.1. The Morgan fingerprint density at radius 1 is 1.07 bits per heavy atom. The molecule has 2 N–H and O–H groups in total. The first-order valence-electron chi connectivity index (χ1n) is 12.3. The van der Waals surface area contributed by atoms with Crippen molar-refractivity contribution in [3.63, 3.8) is 0 Å². The standard InChI is InChI=1S/C26H28F4N6O3S/c1-13-9-36(10-14(2)35(13)5)21-8-18(27)15(20-12-40-25(33-20)24(39)31-3)6-19(21)32-23(38)16-11-34(4)22(37)7-17(16)26(28,29)30/h6-8,11-14H,9-10H2,1-5H3,(H,31,39)(H,32,38)/t13-,14+. The Hall–Kier alpha value is -3.78. The van der Waals surface area contributed by atoms with Crippen molar-refractivity contribution < 1.29 is 27.2 Å². The first-order chi connectivity index (χ1) is 18.7. The van der Waals surface area contributed by atoms with E-state index in [4.69, 9.17) is 0 Å². The third-order valence-electron chi connectivity index (χ3n) is 7.01. The molecule has 4 rings (SSSR count). The van der Waals surface area contributed by atoms with Gasteiger partial charge in [-0.1, -0.05) is 0 Å². The number of nitrogens with one attached hydrogen (secondary N) is 2. The number of pyridine rings is 1. The molecule has 1 saturated heterocycles. The Morgan fingerprint density at radius 2 is 1.73 bits per heavy atom. The van der Waals surface area contributed by atoms with Crippen LogP contribution in [-0.4, -0.2) is 65.5 Å². The van der Waals surface area contributed by atoms with E-state index in [9.17, 15) is 27.6 Å². The van der Waals surface area contributed by atoms with Crippen molar-refractivity contribution in [2.45, 2.75) is 32.1 Å². The van der Waals surface area contributed by atoms with Crippen molar-refractivity contribution in [3.8, 4) is 11.3 Å². The molecule has 3 aromatic rings. The molecule has 214 valence electrons. The fourth-order valence-corrected chi connectivity index (χ4v) is 5.33. The van der Waals surface area contributed by atoms with Gasteiger partial charge in [-0.05, 0) is 27.0 Å². The van der Waals surface area contributed by atoms with Crippen LogP contribution in [0.1, 0.15) is 39.6 Å². The highest BCUT2D eigenvalue weighted by molar-refractivity contribution is 7.12. The van der Waals surface area contributed by atoms with Crippen LogP contribution in [0.2, 0.25) is 0 Å². The molecular weight excluding hydrogens is 552 g/mol. The number of hydrogen-bond acceptors (Lipinski definition) is 7. The Kier molecular flexibility index (Phi) is 8.04.